The van der Waals surface area contributed by atoms with Gasteiger partial charge in [-0.1, -0.05) is 0 Å². The standard InChI is InChI=1S/C12H20BrN5O/c1-2-18-12(19)11(13)10(9-16-18)15-5-8-17-6-3-14-4-7-17/h9,14-15H,2-8H2,1H3. The number of aryl methyl sites for hydroxylation is 1. The molecule has 6 nitrogen and oxygen atoms in total. The maximum absolute atomic E-state index is 11.9. The van der Waals surface area contributed by atoms with Crippen LogP contribution in [0.4, 0.5) is 5.69 Å². The molecule has 0 amide bonds. The highest BCUT2D eigenvalue weighted by molar-refractivity contribution is 9.10. The van der Waals surface area contributed by atoms with E-state index in [0.717, 1.165) is 45.0 Å². The number of piperazine rings is 1. The van der Waals surface area contributed by atoms with Gasteiger partial charge >= 0.3 is 0 Å². The Morgan fingerprint density at radius 1 is 1.47 bits per heavy atom. The minimum Gasteiger partial charge on any atom is -0.381 e. The van der Waals surface area contributed by atoms with Gasteiger partial charge in [0.25, 0.3) is 5.56 Å². The number of rotatable bonds is 5. The van der Waals surface area contributed by atoms with Gasteiger partial charge in [-0.05, 0) is 22.9 Å². The molecule has 0 unspecified atom stereocenters. The number of aromatic nitrogens is 2. The molecule has 0 aliphatic carbocycles. The third-order valence-electron chi connectivity index (χ3n) is 3.24. The minimum absolute atomic E-state index is 0.0883. The maximum Gasteiger partial charge on any atom is 0.283 e. The van der Waals surface area contributed by atoms with Crippen LogP contribution in [0.1, 0.15) is 6.92 Å². The van der Waals surface area contributed by atoms with Crippen LogP contribution in [0.15, 0.2) is 15.5 Å². The molecule has 1 aromatic heterocycles. The third-order valence-corrected chi connectivity index (χ3v) is 4.00. The quantitative estimate of drug-likeness (QED) is 0.815. The van der Waals surface area contributed by atoms with Crippen molar-refractivity contribution in [2.75, 3.05) is 44.6 Å². The molecular formula is C12H20BrN5O. The first-order valence-corrected chi connectivity index (χ1v) is 7.44. The van der Waals surface area contributed by atoms with Crippen LogP contribution in [0.2, 0.25) is 0 Å². The minimum atomic E-state index is -0.0883. The Labute approximate surface area is 121 Å². The van der Waals surface area contributed by atoms with E-state index in [-0.39, 0.29) is 5.56 Å². The highest BCUT2D eigenvalue weighted by atomic mass is 79.9. The van der Waals surface area contributed by atoms with Gasteiger partial charge in [-0.2, -0.15) is 5.10 Å². The number of hydrogen-bond acceptors (Lipinski definition) is 5. The molecule has 0 saturated carbocycles. The normalized spacial score (nSPS) is 16.5. The van der Waals surface area contributed by atoms with Crippen molar-refractivity contribution in [3.8, 4) is 0 Å². The van der Waals surface area contributed by atoms with Crippen LogP contribution in [-0.2, 0) is 6.54 Å². The molecule has 2 N–H and O–H groups in total. The van der Waals surface area contributed by atoms with Gasteiger partial charge in [0.05, 0.1) is 11.9 Å². The van der Waals surface area contributed by atoms with Crippen molar-refractivity contribution in [3.63, 3.8) is 0 Å². The molecule has 1 saturated heterocycles. The summed E-state index contributed by atoms with van der Waals surface area (Å²) in [6.07, 6.45) is 1.70. The van der Waals surface area contributed by atoms with Crippen LogP contribution in [-0.4, -0.2) is 53.9 Å². The van der Waals surface area contributed by atoms with Gasteiger partial charge in [-0.3, -0.25) is 9.69 Å². The van der Waals surface area contributed by atoms with Crippen LogP contribution in [0.5, 0.6) is 0 Å². The monoisotopic (exact) mass is 329 g/mol. The van der Waals surface area contributed by atoms with Crippen molar-refractivity contribution in [3.05, 3.63) is 21.0 Å². The average molecular weight is 330 g/mol. The number of anilines is 1. The molecule has 1 fully saturated rings. The fraction of sp³-hybridized carbons (Fsp3) is 0.667. The van der Waals surface area contributed by atoms with E-state index in [1.54, 1.807) is 6.20 Å². The number of nitrogens with zero attached hydrogens (tertiary/aromatic N) is 3. The smallest absolute Gasteiger partial charge is 0.283 e. The molecule has 0 bridgehead atoms. The van der Waals surface area contributed by atoms with Crippen molar-refractivity contribution >= 4 is 21.6 Å². The van der Waals surface area contributed by atoms with Crippen molar-refractivity contribution in [1.29, 1.82) is 0 Å². The summed E-state index contributed by atoms with van der Waals surface area (Å²) in [6.45, 7) is 8.55. The predicted molar refractivity (Wildman–Crippen MR) is 79.7 cm³/mol. The van der Waals surface area contributed by atoms with E-state index in [0.29, 0.717) is 11.0 Å². The van der Waals surface area contributed by atoms with E-state index in [1.165, 1.54) is 4.68 Å². The molecule has 19 heavy (non-hydrogen) atoms. The first kappa shape index (κ1) is 14.5. The molecular weight excluding hydrogens is 310 g/mol. The van der Waals surface area contributed by atoms with Crippen molar-refractivity contribution in [2.24, 2.45) is 0 Å². The second-order valence-electron chi connectivity index (χ2n) is 4.51. The summed E-state index contributed by atoms with van der Waals surface area (Å²) in [5.74, 6) is 0. The lowest BCUT2D eigenvalue weighted by Crippen LogP contribution is -2.45. The van der Waals surface area contributed by atoms with Gasteiger partial charge < -0.3 is 10.6 Å². The SMILES string of the molecule is CCn1ncc(NCCN2CCNCC2)c(Br)c1=O. The molecule has 1 aromatic rings. The van der Waals surface area contributed by atoms with Crippen LogP contribution in [0, 0.1) is 0 Å². The van der Waals surface area contributed by atoms with Crippen LogP contribution in [0.3, 0.4) is 0 Å². The van der Waals surface area contributed by atoms with Gasteiger partial charge in [0.2, 0.25) is 0 Å². The summed E-state index contributed by atoms with van der Waals surface area (Å²) in [5, 5.41) is 10.7. The van der Waals surface area contributed by atoms with E-state index in [9.17, 15) is 4.79 Å². The molecule has 2 heterocycles. The van der Waals surface area contributed by atoms with Gasteiger partial charge in [0, 0.05) is 45.8 Å². The van der Waals surface area contributed by atoms with Crippen molar-refractivity contribution in [2.45, 2.75) is 13.5 Å². The van der Waals surface area contributed by atoms with Gasteiger partial charge in [0.15, 0.2) is 0 Å². The van der Waals surface area contributed by atoms with Crippen LogP contribution in [0.25, 0.3) is 0 Å². The summed E-state index contributed by atoms with van der Waals surface area (Å²) < 4.78 is 2.00. The Morgan fingerprint density at radius 3 is 2.89 bits per heavy atom. The first-order chi connectivity index (χ1) is 9.22. The predicted octanol–water partition coefficient (Wildman–Crippen LogP) is 0.343. The van der Waals surface area contributed by atoms with Gasteiger partial charge in [-0.25, -0.2) is 4.68 Å². The summed E-state index contributed by atoms with van der Waals surface area (Å²) in [4.78, 5) is 14.3. The molecule has 1 aliphatic heterocycles. The van der Waals surface area contributed by atoms with Gasteiger partial charge in [-0.15, -0.1) is 0 Å². The average Bonchev–Trinajstić information content (AvgIpc) is 2.45. The molecule has 7 heteroatoms. The Morgan fingerprint density at radius 2 is 2.21 bits per heavy atom. The molecule has 2 rings (SSSR count). The Balaban J connectivity index is 1.89. The lowest BCUT2D eigenvalue weighted by Gasteiger charge is -2.27. The Bertz CT molecular complexity index is 470. The highest BCUT2D eigenvalue weighted by Gasteiger charge is 2.10. The summed E-state index contributed by atoms with van der Waals surface area (Å²) in [6, 6.07) is 0. The van der Waals surface area contributed by atoms with E-state index in [2.05, 4.69) is 36.6 Å². The largest absolute Gasteiger partial charge is 0.381 e. The lowest BCUT2D eigenvalue weighted by molar-refractivity contribution is 0.249. The molecule has 106 valence electrons. The fourth-order valence-corrected chi connectivity index (χ4v) is 2.54. The molecule has 0 spiro atoms. The van der Waals surface area contributed by atoms with Crippen molar-refractivity contribution in [1.82, 2.24) is 20.0 Å². The van der Waals surface area contributed by atoms with E-state index < -0.39 is 0 Å². The van der Waals surface area contributed by atoms with E-state index in [4.69, 9.17) is 0 Å². The number of nitrogens with one attached hydrogen (secondary N) is 2. The molecule has 1 aliphatic rings. The van der Waals surface area contributed by atoms with Crippen LogP contribution < -0.4 is 16.2 Å². The zero-order chi connectivity index (χ0) is 13.7. The van der Waals surface area contributed by atoms with Crippen molar-refractivity contribution < 1.29 is 0 Å². The number of halogens is 1. The Hall–Kier alpha value is -0.920. The summed E-state index contributed by atoms with van der Waals surface area (Å²) in [7, 11) is 0. The second-order valence-corrected chi connectivity index (χ2v) is 5.30. The van der Waals surface area contributed by atoms with Crippen LogP contribution >= 0.6 is 15.9 Å². The molecule has 0 radical (unpaired) electrons. The lowest BCUT2D eigenvalue weighted by atomic mass is 10.3. The zero-order valence-electron chi connectivity index (χ0n) is 11.2. The van der Waals surface area contributed by atoms with E-state index >= 15 is 0 Å². The molecule has 0 atom stereocenters. The summed E-state index contributed by atoms with van der Waals surface area (Å²) in [5.41, 5.74) is 0.680. The number of hydrogen-bond donors (Lipinski definition) is 2. The van der Waals surface area contributed by atoms with E-state index in [1.807, 2.05) is 6.92 Å². The topological polar surface area (TPSA) is 62.2 Å². The van der Waals surface area contributed by atoms with Gasteiger partial charge in [0.1, 0.15) is 4.47 Å². The highest BCUT2D eigenvalue weighted by Crippen LogP contribution is 2.15. The summed E-state index contributed by atoms with van der Waals surface area (Å²) >= 11 is 3.34. The Kier molecular flexibility index (Phi) is 5.35. The first-order valence-electron chi connectivity index (χ1n) is 6.65. The maximum atomic E-state index is 11.9. The second kappa shape index (κ2) is 7.02. The fourth-order valence-electron chi connectivity index (χ4n) is 2.10. The third kappa shape index (κ3) is 3.77. The zero-order valence-corrected chi connectivity index (χ0v) is 12.7. The molecule has 0 aromatic carbocycles.